The molecule has 26 heavy (non-hydrogen) atoms. The van der Waals surface area contributed by atoms with Crippen molar-refractivity contribution in [3.05, 3.63) is 72.1 Å². The molecule has 2 N–H and O–H groups in total. The van der Waals surface area contributed by atoms with Gasteiger partial charge in [0, 0.05) is 12.6 Å². The zero-order chi connectivity index (χ0) is 18.4. The van der Waals surface area contributed by atoms with Crippen LogP contribution < -0.4 is 15.4 Å². The summed E-state index contributed by atoms with van der Waals surface area (Å²) in [5.41, 5.74) is 0.912. The van der Waals surface area contributed by atoms with E-state index in [4.69, 9.17) is 4.74 Å². The van der Waals surface area contributed by atoms with E-state index in [1.807, 2.05) is 24.3 Å². The van der Waals surface area contributed by atoms with Gasteiger partial charge in [0.25, 0.3) is 0 Å². The SMILES string of the molecule is COc1ccc(CCNc2cc(Nc3c(F)cccc3F)ncn2)cc1. The number of hydrogen-bond acceptors (Lipinski definition) is 5. The fraction of sp³-hybridized carbons (Fsp3) is 0.158. The van der Waals surface area contributed by atoms with Crippen molar-refractivity contribution in [3.8, 4) is 5.75 Å². The molecule has 5 nitrogen and oxygen atoms in total. The molecule has 0 saturated carbocycles. The van der Waals surface area contributed by atoms with Gasteiger partial charge in [-0.15, -0.1) is 0 Å². The Morgan fingerprint density at radius 3 is 2.35 bits per heavy atom. The lowest BCUT2D eigenvalue weighted by molar-refractivity contribution is 0.414. The highest BCUT2D eigenvalue weighted by Crippen LogP contribution is 2.22. The summed E-state index contributed by atoms with van der Waals surface area (Å²) in [5, 5.41) is 5.81. The van der Waals surface area contributed by atoms with Crippen molar-refractivity contribution >= 4 is 17.3 Å². The van der Waals surface area contributed by atoms with Crippen molar-refractivity contribution in [2.45, 2.75) is 6.42 Å². The van der Waals surface area contributed by atoms with E-state index >= 15 is 0 Å². The molecule has 0 bridgehead atoms. The first-order valence-corrected chi connectivity index (χ1v) is 8.05. The molecule has 0 amide bonds. The van der Waals surface area contributed by atoms with E-state index in [0.29, 0.717) is 18.2 Å². The first-order valence-electron chi connectivity index (χ1n) is 8.05. The fourth-order valence-corrected chi connectivity index (χ4v) is 2.39. The van der Waals surface area contributed by atoms with Gasteiger partial charge in [-0.25, -0.2) is 18.7 Å². The Kier molecular flexibility index (Phi) is 5.58. The topological polar surface area (TPSA) is 59.1 Å². The Morgan fingerprint density at radius 2 is 1.65 bits per heavy atom. The van der Waals surface area contributed by atoms with E-state index < -0.39 is 11.6 Å². The van der Waals surface area contributed by atoms with Crippen LogP contribution >= 0.6 is 0 Å². The molecule has 0 unspecified atom stereocenters. The summed E-state index contributed by atoms with van der Waals surface area (Å²) in [5.74, 6) is 0.313. The van der Waals surface area contributed by atoms with Crippen molar-refractivity contribution < 1.29 is 13.5 Å². The number of rotatable bonds is 7. The second kappa shape index (κ2) is 8.24. The fourth-order valence-electron chi connectivity index (χ4n) is 2.39. The maximum Gasteiger partial charge on any atom is 0.149 e. The number of anilines is 3. The number of hydrogen-bond donors (Lipinski definition) is 2. The first-order chi connectivity index (χ1) is 12.7. The predicted octanol–water partition coefficient (Wildman–Crippen LogP) is 4.16. The lowest BCUT2D eigenvalue weighted by Crippen LogP contribution is -2.07. The number of benzene rings is 2. The molecule has 2 aromatic carbocycles. The van der Waals surface area contributed by atoms with E-state index in [-0.39, 0.29) is 5.69 Å². The van der Waals surface area contributed by atoms with Crippen LogP contribution in [-0.4, -0.2) is 23.6 Å². The second-order valence-corrected chi connectivity index (χ2v) is 5.53. The van der Waals surface area contributed by atoms with E-state index in [1.165, 1.54) is 24.5 Å². The summed E-state index contributed by atoms with van der Waals surface area (Å²) in [6, 6.07) is 13.1. The van der Waals surface area contributed by atoms with Crippen LogP contribution in [0.1, 0.15) is 5.56 Å². The molecule has 3 rings (SSSR count). The maximum atomic E-state index is 13.7. The van der Waals surface area contributed by atoms with Gasteiger partial charge < -0.3 is 15.4 Å². The molecule has 0 aliphatic heterocycles. The molecule has 1 heterocycles. The number of aromatic nitrogens is 2. The Balaban J connectivity index is 1.60. The summed E-state index contributed by atoms with van der Waals surface area (Å²) in [4.78, 5) is 8.11. The molecule has 0 saturated heterocycles. The number of methoxy groups -OCH3 is 1. The molecular weight excluding hydrogens is 338 g/mol. The van der Waals surface area contributed by atoms with E-state index in [1.54, 1.807) is 13.2 Å². The third-order valence-corrected chi connectivity index (χ3v) is 3.76. The molecule has 0 fully saturated rings. The number of nitrogens with zero attached hydrogens (tertiary/aromatic N) is 2. The van der Waals surface area contributed by atoms with Crippen molar-refractivity contribution in [2.24, 2.45) is 0 Å². The minimum absolute atomic E-state index is 0.240. The Labute approximate surface area is 150 Å². The van der Waals surface area contributed by atoms with Gasteiger partial charge in [-0.05, 0) is 36.2 Å². The van der Waals surface area contributed by atoms with Gasteiger partial charge in [-0.3, -0.25) is 0 Å². The largest absolute Gasteiger partial charge is 0.497 e. The summed E-state index contributed by atoms with van der Waals surface area (Å²) in [7, 11) is 1.63. The molecule has 7 heteroatoms. The number of ether oxygens (including phenoxy) is 1. The molecule has 0 aliphatic rings. The van der Waals surface area contributed by atoms with Crippen molar-refractivity contribution in [3.63, 3.8) is 0 Å². The monoisotopic (exact) mass is 356 g/mol. The maximum absolute atomic E-state index is 13.7. The van der Waals surface area contributed by atoms with Crippen molar-refractivity contribution in [1.82, 2.24) is 9.97 Å². The van der Waals surface area contributed by atoms with Crippen LogP contribution in [-0.2, 0) is 6.42 Å². The van der Waals surface area contributed by atoms with Gasteiger partial charge >= 0.3 is 0 Å². The van der Waals surface area contributed by atoms with Gasteiger partial charge in [0.05, 0.1) is 7.11 Å². The first kappa shape index (κ1) is 17.6. The lowest BCUT2D eigenvalue weighted by Gasteiger charge is -2.10. The highest BCUT2D eigenvalue weighted by atomic mass is 19.1. The van der Waals surface area contributed by atoms with Crippen LogP contribution in [0.4, 0.5) is 26.1 Å². The summed E-state index contributed by atoms with van der Waals surface area (Å²) in [6.45, 7) is 0.650. The highest BCUT2D eigenvalue weighted by molar-refractivity contribution is 5.60. The molecule has 134 valence electrons. The third kappa shape index (κ3) is 4.44. The van der Waals surface area contributed by atoms with Gasteiger partial charge in [0.1, 0.15) is 41.0 Å². The second-order valence-electron chi connectivity index (χ2n) is 5.53. The van der Waals surface area contributed by atoms with Crippen LogP contribution in [0.15, 0.2) is 54.9 Å². The molecule has 0 aliphatic carbocycles. The van der Waals surface area contributed by atoms with Crippen LogP contribution in [0.2, 0.25) is 0 Å². The third-order valence-electron chi connectivity index (χ3n) is 3.76. The average Bonchev–Trinajstić information content (AvgIpc) is 2.66. The number of nitrogens with one attached hydrogen (secondary N) is 2. The van der Waals surface area contributed by atoms with Crippen LogP contribution in [0.25, 0.3) is 0 Å². The lowest BCUT2D eigenvalue weighted by atomic mass is 10.1. The van der Waals surface area contributed by atoms with Crippen molar-refractivity contribution in [1.29, 1.82) is 0 Å². The Bertz CT molecular complexity index is 851. The van der Waals surface area contributed by atoms with E-state index in [9.17, 15) is 8.78 Å². The average molecular weight is 356 g/mol. The molecular formula is C19H18F2N4O. The zero-order valence-corrected chi connectivity index (χ0v) is 14.2. The van der Waals surface area contributed by atoms with Crippen LogP contribution in [0.3, 0.4) is 0 Å². The van der Waals surface area contributed by atoms with Gasteiger partial charge in [-0.2, -0.15) is 0 Å². The summed E-state index contributed by atoms with van der Waals surface area (Å²) < 4.78 is 32.6. The van der Waals surface area contributed by atoms with E-state index in [0.717, 1.165) is 17.7 Å². The quantitative estimate of drug-likeness (QED) is 0.666. The van der Waals surface area contributed by atoms with Crippen LogP contribution in [0.5, 0.6) is 5.75 Å². The molecule has 1 aromatic heterocycles. The molecule has 0 spiro atoms. The van der Waals surface area contributed by atoms with Crippen LogP contribution in [0, 0.1) is 11.6 Å². The normalized spacial score (nSPS) is 10.4. The van der Waals surface area contributed by atoms with Gasteiger partial charge in [-0.1, -0.05) is 18.2 Å². The zero-order valence-electron chi connectivity index (χ0n) is 14.2. The number of para-hydroxylation sites is 1. The molecule has 0 radical (unpaired) electrons. The standard InChI is InChI=1S/C19H18F2N4O/c1-26-14-7-5-13(6-8-14)9-10-22-17-11-18(24-12-23-17)25-19-15(20)3-2-4-16(19)21/h2-8,11-12H,9-10H2,1H3,(H2,22,23,24,25). The minimum atomic E-state index is -0.683. The van der Waals surface area contributed by atoms with E-state index in [2.05, 4.69) is 20.6 Å². The van der Waals surface area contributed by atoms with Gasteiger partial charge in [0.2, 0.25) is 0 Å². The summed E-state index contributed by atoms with van der Waals surface area (Å²) >= 11 is 0. The van der Waals surface area contributed by atoms with Crippen molar-refractivity contribution in [2.75, 3.05) is 24.3 Å². The molecule has 3 aromatic rings. The van der Waals surface area contributed by atoms with Gasteiger partial charge in [0.15, 0.2) is 0 Å². The molecule has 0 atom stereocenters. The Hall–Kier alpha value is -3.22. The summed E-state index contributed by atoms with van der Waals surface area (Å²) in [6.07, 6.45) is 2.12. The number of halogens is 2. The Morgan fingerprint density at radius 1 is 0.962 bits per heavy atom. The minimum Gasteiger partial charge on any atom is -0.497 e. The highest BCUT2D eigenvalue weighted by Gasteiger charge is 2.09. The predicted molar refractivity (Wildman–Crippen MR) is 96.9 cm³/mol. The smallest absolute Gasteiger partial charge is 0.149 e.